The fourth-order valence-electron chi connectivity index (χ4n) is 3.68. The van der Waals surface area contributed by atoms with Crippen LogP contribution in [0, 0.1) is 0 Å². The first-order valence-electron chi connectivity index (χ1n) is 9.03. The summed E-state index contributed by atoms with van der Waals surface area (Å²) in [7, 11) is 2.14. The maximum absolute atomic E-state index is 12.5. The van der Waals surface area contributed by atoms with Crippen LogP contribution in [0.15, 0.2) is 27.4 Å². The molecule has 1 aliphatic carbocycles. The molecule has 0 spiro atoms. The maximum atomic E-state index is 12.5. The summed E-state index contributed by atoms with van der Waals surface area (Å²) in [5.41, 5.74) is 2.93. The Balaban J connectivity index is 1.55. The van der Waals surface area contributed by atoms with E-state index in [1.807, 2.05) is 6.07 Å². The third-order valence-corrected chi connectivity index (χ3v) is 5.41. The number of piperazine rings is 1. The summed E-state index contributed by atoms with van der Waals surface area (Å²) >= 11 is 0. The molecule has 0 amide bonds. The molecule has 0 bridgehead atoms. The van der Waals surface area contributed by atoms with Gasteiger partial charge in [0.25, 0.3) is 5.56 Å². The molecule has 1 N–H and O–H groups in total. The SMILES string of the molecule is CN1CCN(Cc2nc3c(oc4ccc(C5CC5)cc43)c(=O)[nH]2)CC1. The summed E-state index contributed by atoms with van der Waals surface area (Å²) in [6, 6.07) is 6.25. The van der Waals surface area contributed by atoms with Gasteiger partial charge in [-0.05, 0) is 43.5 Å². The number of rotatable bonds is 3. The van der Waals surface area contributed by atoms with E-state index in [0.29, 0.717) is 23.6 Å². The molecule has 0 radical (unpaired) electrons. The molecule has 130 valence electrons. The number of aromatic amines is 1. The summed E-state index contributed by atoms with van der Waals surface area (Å²) in [6.45, 7) is 4.76. The quantitative estimate of drug-likeness (QED) is 0.794. The molecule has 0 atom stereocenters. The average Bonchev–Trinajstić information content (AvgIpc) is 3.39. The van der Waals surface area contributed by atoms with Crippen molar-refractivity contribution in [2.45, 2.75) is 25.3 Å². The number of likely N-dealkylation sites (N-methyl/N-ethyl adjacent to an activating group) is 1. The molecular weight excluding hydrogens is 316 g/mol. The molecule has 1 saturated heterocycles. The third kappa shape index (κ3) is 2.75. The van der Waals surface area contributed by atoms with E-state index in [0.717, 1.165) is 43.0 Å². The third-order valence-electron chi connectivity index (χ3n) is 5.41. The van der Waals surface area contributed by atoms with Gasteiger partial charge in [-0.15, -0.1) is 0 Å². The van der Waals surface area contributed by atoms with Crippen molar-refractivity contribution < 1.29 is 4.42 Å². The van der Waals surface area contributed by atoms with E-state index in [-0.39, 0.29) is 5.56 Å². The van der Waals surface area contributed by atoms with E-state index in [1.165, 1.54) is 18.4 Å². The van der Waals surface area contributed by atoms with Crippen LogP contribution in [0.3, 0.4) is 0 Å². The highest BCUT2D eigenvalue weighted by Crippen LogP contribution is 2.41. The molecular formula is C19H22N4O2. The number of aromatic nitrogens is 2. The molecule has 2 aromatic heterocycles. The lowest BCUT2D eigenvalue weighted by molar-refractivity contribution is 0.145. The Morgan fingerprint density at radius 3 is 2.80 bits per heavy atom. The predicted molar refractivity (Wildman–Crippen MR) is 96.9 cm³/mol. The van der Waals surface area contributed by atoms with Crippen molar-refractivity contribution in [2.75, 3.05) is 33.2 Å². The number of hydrogen-bond donors (Lipinski definition) is 1. The van der Waals surface area contributed by atoms with Crippen LogP contribution in [-0.2, 0) is 6.54 Å². The number of hydrogen-bond acceptors (Lipinski definition) is 5. The fraction of sp³-hybridized carbons (Fsp3) is 0.474. The van der Waals surface area contributed by atoms with E-state index in [1.54, 1.807) is 0 Å². The molecule has 3 aromatic rings. The van der Waals surface area contributed by atoms with Gasteiger partial charge in [0.05, 0.1) is 6.54 Å². The van der Waals surface area contributed by atoms with Crippen LogP contribution in [0.1, 0.15) is 30.1 Å². The van der Waals surface area contributed by atoms with E-state index in [2.05, 4.69) is 34.0 Å². The van der Waals surface area contributed by atoms with Gasteiger partial charge in [-0.25, -0.2) is 4.98 Å². The van der Waals surface area contributed by atoms with Gasteiger partial charge in [0.2, 0.25) is 5.58 Å². The van der Waals surface area contributed by atoms with Crippen molar-refractivity contribution in [1.82, 2.24) is 19.8 Å². The van der Waals surface area contributed by atoms with Gasteiger partial charge in [0.1, 0.15) is 16.9 Å². The van der Waals surface area contributed by atoms with Crippen LogP contribution in [0.25, 0.3) is 22.1 Å². The van der Waals surface area contributed by atoms with Crippen LogP contribution < -0.4 is 5.56 Å². The molecule has 25 heavy (non-hydrogen) atoms. The first kappa shape index (κ1) is 15.1. The normalized spacial score (nSPS) is 19.9. The number of fused-ring (bicyclic) bond motifs is 3. The molecule has 6 heteroatoms. The van der Waals surface area contributed by atoms with Crippen molar-refractivity contribution in [1.29, 1.82) is 0 Å². The van der Waals surface area contributed by atoms with Crippen LogP contribution >= 0.6 is 0 Å². The number of nitrogens with one attached hydrogen (secondary N) is 1. The number of nitrogens with zero attached hydrogens (tertiary/aromatic N) is 3. The Bertz CT molecular complexity index is 994. The van der Waals surface area contributed by atoms with Gasteiger partial charge < -0.3 is 14.3 Å². The van der Waals surface area contributed by atoms with Gasteiger partial charge in [0, 0.05) is 31.6 Å². The number of benzene rings is 1. The first-order chi connectivity index (χ1) is 12.2. The molecule has 2 aliphatic rings. The highest BCUT2D eigenvalue weighted by atomic mass is 16.3. The summed E-state index contributed by atoms with van der Waals surface area (Å²) in [5.74, 6) is 1.39. The highest BCUT2D eigenvalue weighted by Gasteiger charge is 2.25. The molecule has 6 nitrogen and oxygen atoms in total. The summed E-state index contributed by atoms with van der Waals surface area (Å²) < 4.78 is 5.77. The summed E-state index contributed by atoms with van der Waals surface area (Å²) in [6.07, 6.45) is 2.51. The van der Waals surface area contributed by atoms with Crippen LogP contribution in [0.4, 0.5) is 0 Å². The zero-order valence-electron chi connectivity index (χ0n) is 14.4. The Hall–Kier alpha value is -2.18. The second-order valence-electron chi connectivity index (χ2n) is 7.40. The average molecular weight is 338 g/mol. The Kier molecular flexibility index (Phi) is 3.43. The van der Waals surface area contributed by atoms with E-state index >= 15 is 0 Å². The smallest absolute Gasteiger partial charge is 0.294 e. The van der Waals surface area contributed by atoms with Crippen molar-refractivity contribution in [3.63, 3.8) is 0 Å². The zero-order chi connectivity index (χ0) is 17.0. The standard InChI is InChI=1S/C19H22N4O2/c1-22-6-8-23(9-7-22)11-16-20-17-14-10-13(12-2-3-12)4-5-15(14)25-18(17)19(24)21-16/h4-5,10,12H,2-3,6-9,11H2,1H3,(H,20,21,24). The highest BCUT2D eigenvalue weighted by molar-refractivity contribution is 6.02. The maximum Gasteiger partial charge on any atom is 0.294 e. The largest absolute Gasteiger partial charge is 0.449 e. The van der Waals surface area contributed by atoms with Crippen LogP contribution in [0.5, 0.6) is 0 Å². The van der Waals surface area contributed by atoms with Crippen molar-refractivity contribution in [3.8, 4) is 0 Å². The second-order valence-corrected chi connectivity index (χ2v) is 7.40. The molecule has 1 aromatic carbocycles. The first-order valence-corrected chi connectivity index (χ1v) is 9.03. The van der Waals surface area contributed by atoms with E-state index < -0.39 is 0 Å². The van der Waals surface area contributed by atoms with Crippen molar-refractivity contribution in [3.05, 3.63) is 39.9 Å². The van der Waals surface area contributed by atoms with Crippen molar-refractivity contribution >= 4 is 22.1 Å². The zero-order valence-corrected chi connectivity index (χ0v) is 14.4. The Labute approximate surface area is 145 Å². The Morgan fingerprint density at radius 1 is 1.24 bits per heavy atom. The number of furan rings is 1. The molecule has 0 unspecified atom stereocenters. The summed E-state index contributed by atoms with van der Waals surface area (Å²) in [5, 5.41) is 0.963. The molecule has 2 fully saturated rings. The van der Waals surface area contributed by atoms with Crippen LogP contribution in [0.2, 0.25) is 0 Å². The monoisotopic (exact) mass is 338 g/mol. The van der Waals surface area contributed by atoms with Crippen LogP contribution in [-0.4, -0.2) is 53.0 Å². The lowest BCUT2D eigenvalue weighted by atomic mass is 10.1. The van der Waals surface area contributed by atoms with Gasteiger partial charge in [-0.2, -0.15) is 0 Å². The summed E-state index contributed by atoms with van der Waals surface area (Å²) in [4.78, 5) is 24.8. The number of H-pyrrole nitrogens is 1. The van der Waals surface area contributed by atoms with E-state index in [4.69, 9.17) is 9.40 Å². The second kappa shape index (κ2) is 5.68. The van der Waals surface area contributed by atoms with Gasteiger partial charge in [-0.3, -0.25) is 9.69 Å². The molecule has 5 rings (SSSR count). The minimum Gasteiger partial charge on any atom is -0.449 e. The lowest BCUT2D eigenvalue weighted by Crippen LogP contribution is -2.44. The Morgan fingerprint density at radius 2 is 2.04 bits per heavy atom. The van der Waals surface area contributed by atoms with Gasteiger partial charge in [-0.1, -0.05) is 6.07 Å². The van der Waals surface area contributed by atoms with Crippen molar-refractivity contribution in [2.24, 2.45) is 0 Å². The van der Waals surface area contributed by atoms with Gasteiger partial charge in [0.15, 0.2) is 0 Å². The van der Waals surface area contributed by atoms with Gasteiger partial charge >= 0.3 is 0 Å². The predicted octanol–water partition coefficient (Wildman–Crippen LogP) is 2.29. The molecule has 3 heterocycles. The van der Waals surface area contributed by atoms with E-state index in [9.17, 15) is 4.79 Å². The minimum atomic E-state index is -0.182. The lowest BCUT2D eigenvalue weighted by Gasteiger charge is -2.31. The molecule has 1 saturated carbocycles. The topological polar surface area (TPSA) is 65.4 Å². The fourth-order valence-corrected chi connectivity index (χ4v) is 3.68. The molecule has 1 aliphatic heterocycles. The minimum absolute atomic E-state index is 0.182.